The van der Waals surface area contributed by atoms with Crippen LogP contribution in [0.5, 0.6) is 0 Å². The Morgan fingerprint density at radius 1 is 1.03 bits per heavy atom. The number of aliphatic hydroxyl groups is 1. The average Bonchev–Trinajstić information content (AvgIpc) is 3.02. The van der Waals surface area contributed by atoms with Crippen LogP contribution in [-0.2, 0) is 15.5 Å². The first-order valence-electron chi connectivity index (χ1n) is 10.8. The molecular formula is C24H40N2O3Si2. The number of rotatable bonds is 7. The molecule has 1 N–H and O–H groups in total. The lowest BCUT2D eigenvalue weighted by molar-refractivity contribution is 0.135. The summed E-state index contributed by atoms with van der Waals surface area (Å²) in [6.45, 7) is 22.5. The van der Waals surface area contributed by atoms with E-state index in [1.54, 1.807) is 22.8 Å². The van der Waals surface area contributed by atoms with Gasteiger partial charge in [-0.2, -0.15) is 5.26 Å². The highest BCUT2D eigenvalue weighted by Crippen LogP contribution is 2.37. The van der Waals surface area contributed by atoms with Gasteiger partial charge < -0.3 is 14.0 Å². The van der Waals surface area contributed by atoms with Crippen LogP contribution in [0.15, 0.2) is 24.3 Å². The maximum atomic E-state index is 10.2. The summed E-state index contributed by atoms with van der Waals surface area (Å²) in [6, 6.07) is 8.80. The van der Waals surface area contributed by atoms with Crippen molar-refractivity contribution < 1.29 is 14.0 Å². The first-order valence-corrected chi connectivity index (χ1v) is 16.6. The second kappa shape index (κ2) is 10.3. The molecule has 31 heavy (non-hydrogen) atoms. The molecule has 0 saturated carbocycles. The fourth-order valence-electron chi connectivity index (χ4n) is 2.11. The van der Waals surface area contributed by atoms with Gasteiger partial charge in [-0.3, -0.25) is 4.57 Å². The lowest BCUT2D eigenvalue weighted by atomic mass is 10.2. The van der Waals surface area contributed by atoms with Crippen molar-refractivity contribution in [2.45, 2.75) is 90.5 Å². The molecule has 0 aliphatic heterocycles. The standard InChI is InChI=1S/C24H40N2O3Si2/c1-23(2,3)30(7,8)28-18-21-15-14-20(17-25)26(21)16-12-11-13-22(27)19-29-31(9,10)24(4,5)6/h11,13-15,22,27H,18-19H2,1-10H3/b13-11+/t22-/m0/s1. The van der Waals surface area contributed by atoms with Crippen molar-refractivity contribution >= 4 is 16.6 Å². The Bertz CT molecular complexity index is 870. The molecule has 0 fully saturated rings. The van der Waals surface area contributed by atoms with Gasteiger partial charge in [0, 0.05) is 6.04 Å². The summed E-state index contributed by atoms with van der Waals surface area (Å²) >= 11 is 0. The lowest BCUT2D eigenvalue weighted by Gasteiger charge is -2.36. The van der Waals surface area contributed by atoms with Crippen molar-refractivity contribution in [2.24, 2.45) is 0 Å². The van der Waals surface area contributed by atoms with E-state index in [0.29, 0.717) is 12.3 Å². The molecule has 0 spiro atoms. The van der Waals surface area contributed by atoms with Gasteiger partial charge in [-0.25, -0.2) is 0 Å². The summed E-state index contributed by atoms with van der Waals surface area (Å²) in [5, 5.41) is 19.8. The van der Waals surface area contributed by atoms with Crippen LogP contribution in [0.3, 0.4) is 0 Å². The molecule has 172 valence electrons. The van der Waals surface area contributed by atoms with E-state index in [1.165, 1.54) is 0 Å². The van der Waals surface area contributed by atoms with E-state index in [1.807, 2.05) is 6.07 Å². The first-order chi connectivity index (χ1) is 14.0. The van der Waals surface area contributed by atoms with Crippen LogP contribution < -0.4 is 0 Å². The molecule has 7 heteroatoms. The number of allylic oxidation sites excluding steroid dienone is 1. The summed E-state index contributed by atoms with van der Waals surface area (Å²) in [5.74, 6) is 2.92. The molecule has 0 bridgehead atoms. The van der Waals surface area contributed by atoms with Crippen LogP contribution in [0.4, 0.5) is 0 Å². The van der Waals surface area contributed by atoms with Gasteiger partial charge in [0.1, 0.15) is 11.8 Å². The normalized spacial score (nSPS) is 14.3. The highest BCUT2D eigenvalue weighted by molar-refractivity contribution is 6.74. The molecule has 1 atom stereocenters. The van der Waals surface area contributed by atoms with Crippen LogP contribution in [0.2, 0.25) is 36.3 Å². The van der Waals surface area contributed by atoms with Gasteiger partial charge in [-0.15, -0.1) is 0 Å². The van der Waals surface area contributed by atoms with Crippen LogP contribution >= 0.6 is 0 Å². The zero-order valence-corrected chi connectivity index (χ0v) is 23.0. The second-order valence-corrected chi connectivity index (χ2v) is 20.6. The Morgan fingerprint density at radius 3 is 2.10 bits per heavy atom. The Hall–Kier alpha value is -1.62. The van der Waals surface area contributed by atoms with E-state index in [0.717, 1.165) is 5.69 Å². The maximum absolute atomic E-state index is 10.2. The number of hydrogen-bond donors (Lipinski definition) is 1. The minimum atomic E-state index is -1.90. The summed E-state index contributed by atoms with van der Waals surface area (Å²) in [4.78, 5) is 0. The number of nitriles is 1. The SMILES string of the molecule is CC(C)(C)[Si](C)(C)OCc1ccc(C#N)n1C#C/C=C/[C@H](O)CO[Si](C)(C)C(C)(C)C. The van der Waals surface area contributed by atoms with Crippen LogP contribution in [0.25, 0.3) is 0 Å². The largest absolute Gasteiger partial charge is 0.414 e. The molecule has 5 nitrogen and oxygen atoms in total. The third-order valence-electron chi connectivity index (χ3n) is 6.46. The molecule has 1 aromatic heterocycles. The zero-order valence-electron chi connectivity index (χ0n) is 21.0. The molecule has 1 aromatic rings. The third kappa shape index (κ3) is 7.78. The summed E-state index contributed by atoms with van der Waals surface area (Å²) in [5.41, 5.74) is 1.32. The molecule has 0 amide bonds. The van der Waals surface area contributed by atoms with Crippen molar-refractivity contribution in [3.63, 3.8) is 0 Å². The molecule has 0 saturated heterocycles. The smallest absolute Gasteiger partial charge is 0.192 e. The topological polar surface area (TPSA) is 67.4 Å². The van der Waals surface area contributed by atoms with Gasteiger partial charge in [0.25, 0.3) is 0 Å². The maximum Gasteiger partial charge on any atom is 0.192 e. The Balaban J connectivity index is 2.84. The third-order valence-corrected chi connectivity index (χ3v) is 15.4. The van der Waals surface area contributed by atoms with Gasteiger partial charge in [0.15, 0.2) is 16.6 Å². The van der Waals surface area contributed by atoms with Crippen LogP contribution in [0.1, 0.15) is 52.9 Å². The summed E-state index contributed by atoms with van der Waals surface area (Å²) in [6.07, 6.45) is 2.52. The monoisotopic (exact) mass is 460 g/mol. The van der Waals surface area contributed by atoms with Gasteiger partial charge in [0.05, 0.1) is 25.0 Å². The van der Waals surface area contributed by atoms with E-state index in [-0.39, 0.29) is 16.7 Å². The van der Waals surface area contributed by atoms with Crippen molar-refractivity contribution in [2.75, 3.05) is 6.61 Å². The Morgan fingerprint density at radius 2 is 1.58 bits per heavy atom. The molecule has 1 rings (SSSR count). The van der Waals surface area contributed by atoms with Gasteiger partial charge in [-0.1, -0.05) is 47.5 Å². The minimum absolute atomic E-state index is 0.0985. The molecular weight excluding hydrogens is 420 g/mol. The van der Waals surface area contributed by atoms with Crippen LogP contribution in [0, 0.1) is 23.3 Å². The second-order valence-electron chi connectivity index (χ2n) is 11.0. The average molecular weight is 461 g/mol. The molecule has 0 aliphatic rings. The fraction of sp³-hybridized carbons (Fsp3) is 0.625. The number of aromatic nitrogens is 1. The van der Waals surface area contributed by atoms with E-state index < -0.39 is 22.7 Å². The number of hydrogen-bond acceptors (Lipinski definition) is 4. The van der Waals surface area contributed by atoms with Crippen molar-refractivity contribution in [1.29, 1.82) is 5.26 Å². The lowest BCUT2D eigenvalue weighted by Crippen LogP contribution is -2.42. The predicted octanol–water partition coefficient (Wildman–Crippen LogP) is 5.63. The minimum Gasteiger partial charge on any atom is -0.414 e. The molecule has 0 radical (unpaired) electrons. The van der Waals surface area contributed by atoms with E-state index in [4.69, 9.17) is 8.85 Å². The quantitative estimate of drug-likeness (QED) is 0.423. The molecule has 1 heterocycles. The Kier molecular flexibility index (Phi) is 9.14. The predicted molar refractivity (Wildman–Crippen MR) is 133 cm³/mol. The highest BCUT2D eigenvalue weighted by Gasteiger charge is 2.38. The summed E-state index contributed by atoms with van der Waals surface area (Å²) < 4.78 is 14.0. The van der Waals surface area contributed by atoms with Gasteiger partial charge in [-0.05, 0) is 60.5 Å². The first kappa shape index (κ1) is 27.4. The summed E-state index contributed by atoms with van der Waals surface area (Å²) in [7, 11) is -3.80. The molecule has 0 aromatic carbocycles. The van der Waals surface area contributed by atoms with E-state index in [2.05, 4.69) is 85.8 Å². The van der Waals surface area contributed by atoms with E-state index >= 15 is 0 Å². The number of nitrogens with zero attached hydrogens (tertiary/aromatic N) is 2. The van der Waals surface area contributed by atoms with Crippen molar-refractivity contribution in [3.8, 4) is 18.0 Å². The zero-order chi connectivity index (χ0) is 24.1. The fourth-order valence-corrected chi connectivity index (χ4v) is 4.07. The number of aliphatic hydroxyl groups excluding tert-OH is 1. The van der Waals surface area contributed by atoms with Crippen molar-refractivity contribution in [3.05, 3.63) is 35.7 Å². The van der Waals surface area contributed by atoms with Gasteiger partial charge >= 0.3 is 0 Å². The molecule has 0 aliphatic carbocycles. The van der Waals surface area contributed by atoms with Gasteiger partial charge in [0.2, 0.25) is 0 Å². The van der Waals surface area contributed by atoms with Crippen molar-refractivity contribution in [1.82, 2.24) is 4.57 Å². The molecule has 0 unspecified atom stereocenters. The van der Waals surface area contributed by atoms with E-state index in [9.17, 15) is 10.4 Å². The van der Waals surface area contributed by atoms with Crippen LogP contribution in [-0.4, -0.2) is 39.0 Å². The Labute approximate surface area is 191 Å². The highest BCUT2D eigenvalue weighted by atomic mass is 28.4.